The number of nitrogens with one attached hydrogen (secondary N) is 1. The molecule has 0 fully saturated rings. The van der Waals surface area contributed by atoms with Gasteiger partial charge in [-0.3, -0.25) is 4.79 Å². The molecule has 1 aromatic heterocycles. The highest BCUT2D eigenvalue weighted by Gasteiger charge is 2.12. The number of nitrogens with zero attached hydrogens (tertiary/aromatic N) is 1. The van der Waals surface area contributed by atoms with Crippen LogP contribution in [0, 0.1) is 0 Å². The van der Waals surface area contributed by atoms with Gasteiger partial charge in [0.2, 0.25) is 0 Å². The van der Waals surface area contributed by atoms with E-state index in [2.05, 4.69) is 10.3 Å². The normalized spacial score (nSPS) is 10.8. The van der Waals surface area contributed by atoms with E-state index in [4.69, 9.17) is 27.9 Å². The number of carbonyl (C=O) groups excluding carboxylic acids is 1. The quantitative estimate of drug-likeness (QED) is 0.406. The van der Waals surface area contributed by atoms with Gasteiger partial charge in [-0.1, -0.05) is 35.3 Å². The second kappa shape index (κ2) is 8.19. The van der Waals surface area contributed by atoms with Crippen molar-refractivity contribution in [3.05, 3.63) is 76.8 Å². The van der Waals surface area contributed by atoms with Crippen molar-refractivity contribution >= 4 is 56.3 Å². The zero-order chi connectivity index (χ0) is 19.5. The molecule has 0 radical (unpaired) electrons. The van der Waals surface area contributed by atoms with E-state index in [1.807, 2.05) is 30.3 Å². The molecule has 7 heteroatoms. The van der Waals surface area contributed by atoms with Crippen molar-refractivity contribution < 1.29 is 9.53 Å². The minimum absolute atomic E-state index is 0.110. The van der Waals surface area contributed by atoms with E-state index in [9.17, 15) is 4.79 Å². The van der Waals surface area contributed by atoms with E-state index in [-0.39, 0.29) is 12.5 Å². The van der Waals surface area contributed by atoms with Crippen LogP contribution in [0.15, 0.2) is 66.7 Å². The number of benzene rings is 3. The number of hydrogen-bond acceptors (Lipinski definition) is 4. The third-order valence-electron chi connectivity index (χ3n) is 3.96. The van der Waals surface area contributed by atoms with Crippen molar-refractivity contribution in [3.63, 3.8) is 0 Å². The smallest absolute Gasteiger partial charge is 0.262 e. The lowest BCUT2D eigenvalue weighted by Gasteiger charge is -2.09. The number of aromatic nitrogens is 1. The van der Waals surface area contributed by atoms with E-state index in [1.54, 1.807) is 47.7 Å². The Morgan fingerprint density at radius 1 is 1.04 bits per heavy atom. The molecule has 0 bridgehead atoms. The standard InChI is InChI=1S/C21H14Cl2N2O2S/c22-13-5-8-15(9-6-13)27-12-20(26)24-14-7-10-17(23)16(11-14)21-25-18-3-1-2-4-19(18)28-21/h1-11H,12H2,(H,24,26). The molecule has 0 atom stereocenters. The molecule has 1 heterocycles. The average Bonchev–Trinajstić information content (AvgIpc) is 3.13. The summed E-state index contributed by atoms with van der Waals surface area (Å²) >= 11 is 13.8. The monoisotopic (exact) mass is 428 g/mol. The fourth-order valence-corrected chi connectivity index (χ4v) is 4.02. The first-order chi connectivity index (χ1) is 13.6. The van der Waals surface area contributed by atoms with Gasteiger partial charge in [0.1, 0.15) is 10.8 Å². The van der Waals surface area contributed by atoms with Gasteiger partial charge in [0.05, 0.1) is 15.2 Å². The summed E-state index contributed by atoms with van der Waals surface area (Å²) in [6.07, 6.45) is 0. The third-order valence-corrected chi connectivity index (χ3v) is 5.61. The van der Waals surface area contributed by atoms with Crippen LogP contribution < -0.4 is 10.1 Å². The molecule has 4 rings (SSSR count). The van der Waals surface area contributed by atoms with Crippen molar-refractivity contribution in [2.45, 2.75) is 0 Å². The molecule has 4 aromatic rings. The highest BCUT2D eigenvalue weighted by Crippen LogP contribution is 2.35. The Kier molecular flexibility index (Phi) is 5.48. The van der Waals surface area contributed by atoms with Crippen molar-refractivity contribution in [3.8, 4) is 16.3 Å². The van der Waals surface area contributed by atoms with Gasteiger partial charge in [0.25, 0.3) is 5.91 Å². The number of thiazole rings is 1. The number of carbonyl (C=O) groups is 1. The van der Waals surface area contributed by atoms with Crippen molar-refractivity contribution in [2.24, 2.45) is 0 Å². The second-order valence-corrected chi connectivity index (χ2v) is 7.85. The molecular weight excluding hydrogens is 415 g/mol. The van der Waals surface area contributed by atoms with Crippen molar-refractivity contribution in [2.75, 3.05) is 11.9 Å². The van der Waals surface area contributed by atoms with Gasteiger partial charge in [-0.2, -0.15) is 0 Å². The highest BCUT2D eigenvalue weighted by molar-refractivity contribution is 7.21. The fraction of sp³-hybridized carbons (Fsp3) is 0.0476. The Labute approximate surface area is 175 Å². The summed E-state index contributed by atoms with van der Waals surface area (Å²) in [5, 5.41) is 4.82. The number of hydrogen-bond donors (Lipinski definition) is 1. The highest BCUT2D eigenvalue weighted by atomic mass is 35.5. The Morgan fingerprint density at radius 2 is 1.82 bits per heavy atom. The summed E-state index contributed by atoms with van der Waals surface area (Å²) in [6.45, 7) is -0.110. The first-order valence-corrected chi connectivity index (χ1v) is 9.99. The first-order valence-electron chi connectivity index (χ1n) is 8.42. The molecule has 140 valence electrons. The maximum Gasteiger partial charge on any atom is 0.262 e. The van der Waals surface area contributed by atoms with Gasteiger partial charge in [0, 0.05) is 16.3 Å². The van der Waals surface area contributed by atoms with E-state index in [0.717, 1.165) is 20.8 Å². The zero-order valence-corrected chi connectivity index (χ0v) is 16.8. The third kappa shape index (κ3) is 4.28. The van der Waals surface area contributed by atoms with Crippen LogP contribution in [0.1, 0.15) is 0 Å². The summed E-state index contributed by atoms with van der Waals surface area (Å²) in [6, 6.07) is 20.1. The molecule has 28 heavy (non-hydrogen) atoms. The van der Waals surface area contributed by atoms with Crippen LogP contribution >= 0.6 is 34.5 Å². The second-order valence-electron chi connectivity index (χ2n) is 5.97. The number of halogens is 2. The van der Waals surface area contributed by atoms with Crippen LogP contribution in [0.4, 0.5) is 5.69 Å². The Bertz CT molecular complexity index is 1110. The summed E-state index contributed by atoms with van der Waals surface area (Å²) in [5.74, 6) is 0.304. The van der Waals surface area contributed by atoms with Gasteiger partial charge >= 0.3 is 0 Å². The lowest BCUT2D eigenvalue weighted by atomic mass is 10.2. The van der Waals surface area contributed by atoms with Gasteiger partial charge in [0.15, 0.2) is 6.61 Å². The average molecular weight is 429 g/mol. The minimum Gasteiger partial charge on any atom is -0.484 e. The summed E-state index contributed by atoms with van der Waals surface area (Å²) < 4.78 is 6.55. The van der Waals surface area contributed by atoms with Gasteiger partial charge in [-0.25, -0.2) is 4.98 Å². The molecule has 0 aliphatic rings. The Morgan fingerprint density at radius 3 is 2.61 bits per heavy atom. The lowest BCUT2D eigenvalue weighted by Crippen LogP contribution is -2.20. The maximum absolute atomic E-state index is 12.2. The molecule has 4 nitrogen and oxygen atoms in total. The fourth-order valence-electron chi connectivity index (χ4n) is 2.63. The van der Waals surface area contributed by atoms with E-state index >= 15 is 0 Å². The SMILES string of the molecule is O=C(COc1ccc(Cl)cc1)Nc1ccc(Cl)c(-c2nc3ccccc3s2)c1. The topological polar surface area (TPSA) is 51.2 Å². The number of para-hydroxylation sites is 1. The van der Waals surface area contributed by atoms with Crippen LogP contribution in [0.3, 0.4) is 0 Å². The molecule has 0 spiro atoms. The molecule has 1 amide bonds. The summed E-state index contributed by atoms with van der Waals surface area (Å²) in [5.41, 5.74) is 2.33. The molecule has 1 N–H and O–H groups in total. The Hall–Kier alpha value is -2.60. The molecule has 0 aliphatic heterocycles. The predicted octanol–water partition coefficient (Wildman–Crippen LogP) is 6.29. The van der Waals surface area contributed by atoms with Gasteiger partial charge in [-0.05, 0) is 54.6 Å². The van der Waals surface area contributed by atoms with Crippen LogP contribution in [-0.2, 0) is 4.79 Å². The van der Waals surface area contributed by atoms with Crippen LogP contribution in [0.2, 0.25) is 10.0 Å². The molecular formula is C21H14Cl2N2O2S. The molecule has 0 saturated carbocycles. The molecule has 0 saturated heterocycles. The zero-order valence-electron chi connectivity index (χ0n) is 14.5. The van der Waals surface area contributed by atoms with Crippen molar-refractivity contribution in [1.82, 2.24) is 4.98 Å². The largest absolute Gasteiger partial charge is 0.484 e. The number of amides is 1. The first kappa shape index (κ1) is 18.7. The van der Waals surface area contributed by atoms with Crippen LogP contribution in [-0.4, -0.2) is 17.5 Å². The van der Waals surface area contributed by atoms with Gasteiger partial charge < -0.3 is 10.1 Å². The van der Waals surface area contributed by atoms with E-state index in [0.29, 0.717) is 21.5 Å². The predicted molar refractivity (Wildman–Crippen MR) is 116 cm³/mol. The number of ether oxygens (including phenoxy) is 1. The summed E-state index contributed by atoms with van der Waals surface area (Å²) in [4.78, 5) is 16.9. The number of rotatable bonds is 5. The van der Waals surface area contributed by atoms with Crippen LogP contribution in [0.25, 0.3) is 20.8 Å². The van der Waals surface area contributed by atoms with E-state index in [1.165, 1.54) is 0 Å². The molecule has 0 unspecified atom stereocenters. The van der Waals surface area contributed by atoms with Crippen LogP contribution in [0.5, 0.6) is 5.75 Å². The van der Waals surface area contributed by atoms with Gasteiger partial charge in [-0.15, -0.1) is 11.3 Å². The van der Waals surface area contributed by atoms with E-state index < -0.39 is 0 Å². The summed E-state index contributed by atoms with van der Waals surface area (Å²) in [7, 11) is 0. The maximum atomic E-state index is 12.2. The molecule has 3 aromatic carbocycles. The number of fused-ring (bicyclic) bond motifs is 1. The molecule has 0 aliphatic carbocycles. The number of anilines is 1. The Balaban J connectivity index is 1.48. The lowest BCUT2D eigenvalue weighted by molar-refractivity contribution is -0.118. The van der Waals surface area contributed by atoms with Crippen molar-refractivity contribution in [1.29, 1.82) is 0 Å². The minimum atomic E-state index is -0.271.